The fourth-order valence-corrected chi connectivity index (χ4v) is 3.51. The predicted octanol–water partition coefficient (Wildman–Crippen LogP) is 2.46. The molecule has 2 heterocycles. The lowest BCUT2D eigenvalue weighted by molar-refractivity contribution is 0.0642. The molecule has 1 aliphatic heterocycles. The molecule has 2 N–H and O–H groups in total. The van der Waals surface area contributed by atoms with Crippen LogP contribution in [0.3, 0.4) is 0 Å². The Balaban J connectivity index is 2.22. The summed E-state index contributed by atoms with van der Waals surface area (Å²) in [7, 11) is 0. The van der Waals surface area contributed by atoms with Crippen LogP contribution in [0.1, 0.15) is 29.4 Å². The normalized spacial score (nSPS) is 25.1. The topological polar surface area (TPSA) is 46.3 Å². The molecule has 1 aromatic rings. The molecule has 3 nitrogen and oxygen atoms in total. The zero-order chi connectivity index (χ0) is 11.8. The van der Waals surface area contributed by atoms with Crippen LogP contribution in [0.4, 0.5) is 0 Å². The number of thiophene rings is 1. The molecule has 0 radical (unpaired) electrons. The fourth-order valence-electron chi connectivity index (χ4n) is 2.14. The Hall–Kier alpha value is -0.390. The monoisotopic (exact) mass is 302 g/mol. The van der Waals surface area contributed by atoms with E-state index >= 15 is 0 Å². The number of halogens is 1. The van der Waals surface area contributed by atoms with Crippen molar-refractivity contribution in [2.45, 2.75) is 25.3 Å². The molecule has 1 aromatic heterocycles. The van der Waals surface area contributed by atoms with Crippen LogP contribution in [-0.4, -0.2) is 29.4 Å². The van der Waals surface area contributed by atoms with Gasteiger partial charge in [-0.25, -0.2) is 0 Å². The van der Waals surface area contributed by atoms with E-state index in [4.69, 9.17) is 5.73 Å². The smallest absolute Gasteiger partial charge is 0.264 e. The van der Waals surface area contributed by atoms with Crippen LogP contribution in [0, 0.1) is 0 Å². The predicted molar refractivity (Wildman–Crippen MR) is 69.7 cm³/mol. The Labute approximate surface area is 108 Å². The molecular weight excluding hydrogens is 288 g/mol. The lowest BCUT2D eigenvalue weighted by Gasteiger charge is -2.33. The van der Waals surface area contributed by atoms with Gasteiger partial charge in [0.25, 0.3) is 5.91 Å². The Morgan fingerprint density at radius 3 is 3.06 bits per heavy atom. The molecule has 1 unspecified atom stereocenters. The van der Waals surface area contributed by atoms with Crippen molar-refractivity contribution in [1.82, 2.24) is 4.90 Å². The number of nitrogens with zero attached hydrogens (tertiary/aromatic N) is 1. The number of carbonyl (C=O) groups is 1. The van der Waals surface area contributed by atoms with Gasteiger partial charge in [0.2, 0.25) is 0 Å². The molecule has 0 spiro atoms. The first-order valence-electron chi connectivity index (χ1n) is 5.33. The molecule has 2 rings (SSSR count). The molecule has 16 heavy (non-hydrogen) atoms. The van der Waals surface area contributed by atoms with Gasteiger partial charge < -0.3 is 10.6 Å². The van der Waals surface area contributed by atoms with Crippen LogP contribution < -0.4 is 5.73 Å². The number of nitrogens with two attached hydrogens (primary N) is 1. The summed E-state index contributed by atoms with van der Waals surface area (Å²) < 4.78 is 0.967. The maximum Gasteiger partial charge on any atom is 0.264 e. The van der Waals surface area contributed by atoms with Crippen LogP contribution in [0.2, 0.25) is 0 Å². The maximum absolute atomic E-state index is 12.3. The molecule has 0 bridgehead atoms. The van der Waals surface area contributed by atoms with E-state index in [1.807, 2.05) is 16.3 Å². The first kappa shape index (κ1) is 12.1. The molecule has 0 saturated carbocycles. The van der Waals surface area contributed by atoms with E-state index in [1.54, 1.807) is 0 Å². The number of hydrogen-bond donors (Lipinski definition) is 1. The Morgan fingerprint density at radius 2 is 2.50 bits per heavy atom. The molecule has 88 valence electrons. The van der Waals surface area contributed by atoms with E-state index in [0.717, 1.165) is 28.7 Å². The molecule has 1 fully saturated rings. The second-order valence-electron chi connectivity index (χ2n) is 4.39. The summed E-state index contributed by atoms with van der Waals surface area (Å²) in [5.41, 5.74) is 5.62. The van der Waals surface area contributed by atoms with E-state index in [1.165, 1.54) is 11.3 Å². The number of carbonyl (C=O) groups excluding carboxylic acids is 1. The highest BCUT2D eigenvalue weighted by molar-refractivity contribution is 9.10. The van der Waals surface area contributed by atoms with E-state index in [-0.39, 0.29) is 11.4 Å². The summed E-state index contributed by atoms with van der Waals surface area (Å²) in [6.45, 7) is 3.42. The van der Waals surface area contributed by atoms with Gasteiger partial charge in [0.1, 0.15) is 0 Å². The quantitative estimate of drug-likeness (QED) is 0.912. The molecule has 1 atom stereocenters. The summed E-state index contributed by atoms with van der Waals surface area (Å²) in [5, 5.41) is 1.93. The number of hydrogen-bond acceptors (Lipinski definition) is 3. The number of rotatable bonds is 2. The molecule has 0 aromatic carbocycles. The van der Waals surface area contributed by atoms with Crippen LogP contribution in [0.25, 0.3) is 0 Å². The van der Waals surface area contributed by atoms with E-state index < -0.39 is 0 Å². The summed E-state index contributed by atoms with van der Waals surface area (Å²) in [4.78, 5) is 15.0. The Kier molecular flexibility index (Phi) is 3.37. The minimum atomic E-state index is -0.159. The first-order valence-corrected chi connectivity index (χ1v) is 7.00. The van der Waals surface area contributed by atoms with Gasteiger partial charge in [0.05, 0.1) is 10.4 Å². The highest BCUT2D eigenvalue weighted by Crippen LogP contribution is 2.31. The molecule has 1 amide bonds. The summed E-state index contributed by atoms with van der Waals surface area (Å²) >= 11 is 4.85. The van der Waals surface area contributed by atoms with Crippen LogP contribution in [0.5, 0.6) is 0 Å². The molecule has 0 aliphatic carbocycles. The van der Waals surface area contributed by atoms with Crippen LogP contribution in [0.15, 0.2) is 15.9 Å². The second-order valence-corrected chi connectivity index (χ2v) is 6.22. The van der Waals surface area contributed by atoms with Crippen LogP contribution >= 0.6 is 27.3 Å². The zero-order valence-corrected chi connectivity index (χ0v) is 11.6. The summed E-state index contributed by atoms with van der Waals surface area (Å²) in [6, 6.07) is 1.88. The van der Waals surface area contributed by atoms with Gasteiger partial charge in [-0.15, -0.1) is 11.3 Å². The van der Waals surface area contributed by atoms with Crippen molar-refractivity contribution >= 4 is 33.2 Å². The zero-order valence-electron chi connectivity index (χ0n) is 9.20. The van der Waals surface area contributed by atoms with Gasteiger partial charge in [0, 0.05) is 22.9 Å². The van der Waals surface area contributed by atoms with Crippen molar-refractivity contribution < 1.29 is 4.79 Å². The molecule has 1 aliphatic rings. The molecule has 5 heteroatoms. The average molecular weight is 303 g/mol. The Morgan fingerprint density at radius 1 is 1.75 bits per heavy atom. The van der Waals surface area contributed by atoms with Crippen molar-refractivity contribution in [2.24, 2.45) is 5.73 Å². The lowest BCUT2D eigenvalue weighted by atomic mass is 9.99. The lowest BCUT2D eigenvalue weighted by Crippen LogP contribution is -2.49. The third-order valence-electron chi connectivity index (χ3n) is 3.21. The second kappa shape index (κ2) is 4.47. The Bertz CT molecular complexity index is 406. The third-order valence-corrected chi connectivity index (χ3v) is 4.89. The average Bonchev–Trinajstić information content (AvgIpc) is 2.85. The first-order chi connectivity index (χ1) is 7.57. The van der Waals surface area contributed by atoms with Crippen molar-refractivity contribution in [3.8, 4) is 0 Å². The molecule has 1 saturated heterocycles. The van der Waals surface area contributed by atoms with Gasteiger partial charge in [-0.05, 0) is 41.8 Å². The van der Waals surface area contributed by atoms with Crippen molar-refractivity contribution in [2.75, 3.05) is 13.1 Å². The van der Waals surface area contributed by atoms with Crippen molar-refractivity contribution in [3.63, 3.8) is 0 Å². The van der Waals surface area contributed by atoms with Gasteiger partial charge in [-0.3, -0.25) is 4.79 Å². The van der Waals surface area contributed by atoms with Crippen molar-refractivity contribution in [1.29, 1.82) is 0 Å². The van der Waals surface area contributed by atoms with Gasteiger partial charge in [0.15, 0.2) is 0 Å². The highest BCUT2D eigenvalue weighted by atomic mass is 79.9. The summed E-state index contributed by atoms with van der Waals surface area (Å²) in [5.74, 6) is 0.112. The van der Waals surface area contributed by atoms with E-state index in [0.29, 0.717) is 6.54 Å². The fraction of sp³-hybridized carbons (Fsp3) is 0.545. The molecular formula is C11H15BrN2OS. The van der Waals surface area contributed by atoms with Gasteiger partial charge in [-0.2, -0.15) is 0 Å². The van der Waals surface area contributed by atoms with E-state index in [9.17, 15) is 4.79 Å². The minimum absolute atomic E-state index is 0.112. The number of amides is 1. The van der Waals surface area contributed by atoms with E-state index in [2.05, 4.69) is 22.9 Å². The van der Waals surface area contributed by atoms with Crippen LogP contribution in [-0.2, 0) is 0 Å². The SMILES string of the molecule is CC1(CN)CCCN1C(=O)c1cc(Br)cs1. The van der Waals surface area contributed by atoms with Crippen molar-refractivity contribution in [3.05, 3.63) is 20.8 Å². The minimum Gasteiger partial charge on any atom is -0.331 e. The third kappa shape index (κ3) is 2.04. The van der Waals surface area contributed by atoms with Gasteiger partial charge >= 0.3 is 0 Å². The van der Waals surface area contributed by atoms with Gasteiger partial charge in [-0.1, -0.05) is 0 Å². The highest BCUT2D eigenvalue weighted by Gasteiger charge is 2.39. The summed E-state index contributed by atoms with van der Waals surface area (Å²) in [6.07, 6.45) is 2.05. The largest absolute Gasteiger partial charge is 0.331 e. The maximum atomic E-state index is 12.3. The standard InChI is InChI=1S/C11H15BrN2OS/c1-11(7-13)3-2-4-14(11)10(15)9-5-8(12)6-16-9/h5-6H,2-4,7,13H2,1H3. The number of likely N-dealkylation sites (tertiary alicyclic amines) is 1.